The number of nitrogens with zero attached hydrogens (tertiary/aromatic N) is 1. The van der Waals surface area contributed by atoms with Crippen LogP contribution < -0.4 is 0 Å². The quantitative estimate of drug-likeness (QED) is 0.682. The Bertz CT molecular complexity index is 373. The summed E-state index contributed by atoms with van der Waals surface area (Å²) in [7, 11) is 0. The fourth-order valence-electron chi connectivity index (χ4n) is 2.53. The molecular formula is C13H15NO. The van der Waals surface area contributed by atoms with Crippen molar-refractivity contribution >= 4 is 5.91 Å². The van der Waals surface area contributed by atoms with Gasteiger partial charge in [-0.05, 0) is 36.8 Å². The Morgan fingerprint density at radius 2 is 2.00 bits per heavy atom. The van der Waals surface area contributed by atoms with Gasteiger partial charge < -0.3 is 4.90 Å². The van der Waals surface area contributed by atoms with Gasteiger partial charge in [-0.3, -0.25) is 4.79 Å². The third-order valence-corrected chi connectivity index (χ3v) is 3.60. The van der Waals surface area contributed by atoms with Gasteiger partial charge in [-0.2, -0.15) is 0 Å². The van der Waals surface area contributed by atoms with Crippen LogP contribution in [0.2, 0.25) is 0 Å². The second kappa shape index (κ2) is 3.37. The molecule has 1 aromatic carbocycles. The number of rotatable bonds is 1. The smallest absolute Gasteiger partial charge is 0.253 e. The number of amides is 1. The van der Waals surface area contributed by atoms with E-state index in [1.54, 1.807) is 0 Å². The maximum atomic E-state index is 12.1. The summed E-state index contributed by atoms with van der Waals surface area (Å²) >= 11 is 0. The molecule has 3 rings (SSSR count). The molecule has 1 amide bonds. The third kappa shape index (κ3) is 1.65. The first-order valence-electron chi connectivity index (χ1n) is 5.69. The van der Waals surface area contributed by atoms with Crippen molar-refractivity contribution < 1.29 is 4.79 Å². The number of likely N-dealkylation sites (tertiary alicyclic amines) is 1. The van der Waals surface area contributed by atoms with Crippen LogP contribution in [0.4, 0.5) is 0 Å². The van der Waals surface area contributed by atoms with Crippen molar-refractivity contribution in [3.63, 3.8) is 0 Å². The van der Waals surface area contributed by atoms with E-state index in [1.165, 1.54) is 12.8 Å². The lowest BCUT2D eigenvalue weighted by atomic mass is 10.1. The van der Waals surface area contributed by atoms with E-state index in [4.69, 9.17) is 0 Å². The monoisotopic (exact) mass is 201 g/mol. The number of benzene rings is 1. The van der Waals surface area contributed by atoms with Crippen LogP contribution in [-0.4, -0.2) is 23.9 Å². The number of fused-ring (bicyclic) bond motifs is 1. The van der Waals surface area contributed by atoms with Crippen molar-refractivity contribution in [2.45, 2.75) is 12.8 Å². The summed E-state index contributed by atoms with van der Waals surface area (Å²) in [6, 6.07) is 9.61. The zero-order chi connectivity index (χ0) is 10.3. The van der Waals surface area contributed by atoms with Crippen LogP contribution in [0.1, 0.15) is 23.2 Å². The topological polar surface area (TPSA) is 20.3 Å². The minimum Gasteiger partial charge on any atom is -0.338 e. The van der Waals surface area contributed by atoms with E-state index in [0.717, 1.165) is 30.5 Å². The van der Waals surface area contributed by atoms with Crippen LogP contribution in [0.15, 0.2) is 30.3 Å². The van der Waals surface area contributed by atoms with Gasteiger partial charge in [0.15, 0.2) is 0 Å². The molecule has 1 saturated heterocycles. The standard InChI is InChI=1S/C13H15NO/c15-13(10-4-2-1-3-5-10)14-7-6-11-8-12(11)9-14/h1-5,11-12H,6-9H2. The van der Waals surface area contributed by atoms with Crippen LogP contribution >= 0.6 is 0 Å². The van der Waals surface area contributed by atoms with Gasteiger partial charge in [-0.1, -0.05) is 18.2 Å². The average Bonchev–Trinajstić information content (AvgIpc) is 3.07. The Kier molecular flexibility index (Phi) is 2.01. The molecule has 0 aromatic heterocycles. The normalized spacial score (nSPS) is 28.4. The summed E-state index contributed by atoms with van der Waals surface area (Å²) in [5.74, 6) is 1.96. The zero-order valence-corrected chi connectivity index (χ0v) is 8.73. The van der Waals surface area contributed by atoms with E-state index < -0.39 is 0 Å². The van der Waals surface area contributed by atoms with Crippen LogP contribution in [0, 0.1) is 11.8 Å². The van der Waals surface area contributed by atoms with Gasteiger partial charge in [0, 0.05) is 18.7 Å². The highest BCUT2D eigenvalue weighted by Gasteiger charge is 2.42. The lowest BCUT2D eigenvalue weighted by Crippen LogP contribution is -2.36. The Hall–Kier alpha value is -1.31. The van der Waals surface area contributed by atoms with E-state index >= 15 is 0 Å². The highest BCUT2D eigenvalue weighted by atomic mass is 16.2. The Balaban J connectivity index is 1.74. The Morgan fingerprint density at radius 3 is 2.73 bits per heavy atom. The number of piperidine rings is 1. The molecule has 78 valence electrons. The van der Waals surface area contributed by atoms with Crippen molar-refractivity contribution in [1.82, 2.24) is 4.90 Å². The second-order valence-corrected chi connectivity index (χ2v) is 4.66. The molecule has 1 heterocycles. The summed E-state index contributed by atoms with van der Waals surface area (Å²) in [5.41, 5.74) is 0.830. The molecule has 2 atom stereocenters. The van der Waals surface area contributed by atoms with Crippen LogP contribution in [0.3, 0.4) is 0 Å². The second-order valence-electron chi connectivity index (χ2n) is 4.66. The van der Waals surface area contributed by atoms with E-state index in [9.17, 15) is 4.79 Å². The first-order chi connectivity index (χ1) is 7.34. The number of hydrogen-bond donors (Lipinski definition) is 0. The lowest BCUT2D eigenvalue weighted by molar-refractivity contribution is 0.0716. The average molecular weight is 201 g/mol. The molecule has 2 aliphatic rings. The van der Waals surface area contributed by atoms with Gasteiger partial charge in [0.25, 0.3) is 5.91 Å². The van der Waals surface area contributed by atoms with Crippen molar-refractivity contribution in [2.24, 2.45) is 11.8 Å². The van der Waals surface area contributed by atoms with E-state index in [-0.39, 0.29) is 5.91 Å². The van der Waals surface area contributed by atoms with Gasteiger partial charge in [0.1, 0.15) is 0 Å². The molecular weight excluding hydrogens is 186 g/mol. The van der Waals surface area contributed by atoms with E-state index in [1.807, 2.05) is 35.2 Å². The third-order valence-electron chi connectivity index (χ3n) is 3.60. The molecule has 0 N–H and O–H groups in total. The van der Waals surface area contributed by atoms with Gasteiger partial charge in [-0.25, -0.2) is 0 Å². The number of carbonyl (C=O) groups is 1. The summed E-state index contributed by atoms with van der Waals surface area (Å²) in [6.07, 6.45) is 2.56. The summed E-state index contributed by atoms with van der Waals surface area (Å²) in [6.45, 7) is 1.94. The van der Waals surface area contributed by atoms with Crippen LogP contribution in [0.25, 0.3) is 0 Å². The summed E-state index contributed by atoms with van der Waals surface area (Å²) in [5, 5.41) is 0. The Morgan fingerprint density at radius 1 is 1.20 bits per heavy atom. The molecule has 1 saturated carbocycles. The summed E-state index contributed by atoms with van der Waals surface area (Å²) in [4.78, 5) is 14.1. The zero-order valence-electron chi connectivity index (χ0n) is 8.73. The maximum absolute atomic E-state index is 12.1. The number of hydrogen-bond acceptors (Lipinski definition) is 1. The molecule has 2 nitrogen and oxygen atoms in total. The van der Waals surface area contributed by atoms with Crippen molar-refractivity contribution in [2.75, 3.05) is 13.1 Å². The van der Waals surface area contributed by atoms with Crippen molar-refractivity contribution in [3.05, 3.63) is 35.9 Å². The lowest BCUT2D eigenvalue weighted by Gasteiger charge is -2.26. The molecule has 1 aromatic rings. The van der Waals surface area contributed by atoms with Crippen LogP contribution in [-0.2, 0) is 0 Å². The van der Waals surface area contributed by atoms with Gasteiger partial charge >= 0.3 is 0 Å². The molecule has 0 bridgehead atoms. The first-order valence-corrected chi connectivity index (χ1v) is 5.69. The number of carbonyl (C=O) groups excluding carboxylic acids is 1. The molecule has 2 fully saturated rings. The fraction of sp³-hybridized carbons (Fsp3) is 0.462. The minimum atomic E-state index is 0.209. The molecule has 15 heavy (non-hydrogen) atoms. The molecule has 0 spiro atoms. The van der Waals surface area contributed by atoms with E-state index in [0.29, 0.717) is 0 Å². The highest BCUT2D eigenvalue weighted by Crippen LogP contribution is 2.44. The Labute approximate surface area is 89.9 Å². The van der Waals surface area contributed by atoms with Gasteiger partial charge in [-0.15, -0.1) is 0 Å². The molecule has 2 unspecified atom stereocenters. The predicted molar refractivity (Wildman–Crippen MR) is 58.6 cm³/mol. The first kappa shape index (κ1) is 8.96. The fourth-order valence-corrected chi connectivity index (χ4v) is 2.53. The van der Waals surface area contributed by atoms with Crippen molar-refractivity contribution in [3.8, 4) is 0 Å². The van der Waals surface area contributed by atoms with Crippen LogP contribution in [0.5, 0.6) is 0 Å². The molecule has 1 aliphatic carbocycles. The minimum absolute atomic E-state index is 0.209. The van der Waals surface area contributed by atoms with Gasteiger partial charge in [0.2, 0.25) is 0 Å². The molecule has 2 heteroatoms. The summed E-state index contributed by atoms with van der Waals surface area (Å²) < 4.78 is 0. The van der Waals surface area contributed by atoms with Gasteiger partial charge in [0.05, 0.1) is 0 Å². The highest BCUT2D eigenvalue weighted by molar-refractivity contribution is 5.94. The molecule has 0 radical (unpaired) electrons. The van der Waals surface area contributed by atoms with E-state index in [2.05, 4.69) is 0 Å². The molecule has 1 aliphatic heterocycles. The predicted octanol–water partition coefficient (Wildman–Crippen LogP) is 2.17. The largest absolute Gasteiger partial charge is 0.338 e. The van der Waals surface area contributed by atoms with Crippen molar-refractivity contribution in [1.29, 1.82) is 0 Å². The SMILES string of the molecule is O=C(c1ccccc1)N1CCC2CC2C1. The maximum Gasteiger partial charge on any atom is 0.253 e.